The van der Waals surface area contributed by atoms with Crippen molar-refractivity contribution < 1.29 is 0 Å². The van der Waals surface area contributed by atoms with Crippen LogP contribution in [0, 0.1) is 0 Å². The van der Waals surface area contributed by atoms with Crippen molar-refractivity contribution in [3.8, 4) is 0 Å². The third-order valence-electron chi connectivity index (χ3n) is 1.43. The van der Waals surface area contributed by atoms with Gasteiger partial charge in [0.2, 0.25) is 0 Å². The lowest BCUT2D eigenvalue weighted by Crippen LogP contribution is -1.68. The van der Waals surface area contributed by atoms with E-state index in [2.05, 4.69) is 25.7 Å². The molecule has 0 aliphatic carbocycles. The Labute approximate surface area is 64.0 Å². The van der Waals surface area contributed by atoms with Crippen molar-refractivity contribution in [1.82, 2.24) is 0 Å². The van der Waals surface area contributed by atoms with Gasteiger partial charge in [0, 0.05) is 0 Å². The van der Waals surface area contributed by atoms with Gasteiger partial charge in [-0.2, -0.15) is 0 Å². The Balaban J connectivity index is 3.63. The summed E-state index contributed by atoms with van der Waals surface area (Å²) < 4.78 is 0. The van der Waals surface area contributed by atoms with Crippen molar-refractivity contribution in [3.63, 3.8) is 0 Å². The summed E-state index contributed by atoms with van der Waals surface area (Å²) in [6, 6.07) is 0. The highest BCUT2D eigenvalue weighted by molar-refractivity contribution is 5.01. The highest BCUT2D eigenvalue weighted by Crippen LogP contribution is 1.99. The van der Waals surface area contributed by atoms with Crippen molar-refractivity contribution in [2.24, 2.45) is 0 Å². The molecule has 0 spiro atoms. The van der Waals surface area contributed by atoms with E-state index in [9.17, 15) is 0 Å². The van der Waals surface area contributed by atoms with E-state index in [1.807, 2.05) is 19.1 Å². The van der Waals surface area contributed by atoms with E-state index in [-0.39, 0.29) is 0 Å². The fourth-order valence-corrected chi connectivity index (χ4v) is 0.590. The maximum absolute atomic E-state index is 3.03. The van der Waals surface area contributed by atoms with Crippen molar-refractivity contribution in [2.75, 3.05) is 0 Å². The second-order valence-electron chi connectivity index (χ2n) is 2.30. The van der Waals surface area contributed by atoms with Crippen molar-refractivity contribution in [1.29, 1.82) is 0 Å². The molecule has 0 atom stereocenters. The van der Waals surface area contributed by atoms with Gasteiger partial charge in [-0.05, 0) is 38.8 Å². The molecule has 0 aromatic heterocycles. The first-order valence-electron chi connectivity index (χ1n) is 3.82. The number of allylic oxidation sites excluding steroid dienone is 3. The summed E-state index contributed by atoms with van der Waals surface area (Å²) in [5.41, 5.74) is 4.49. The lowest BCUT2D eigenvalue weighted by atomic mass is 10.2. The minimum Gasteiger partial charge on any atom is -0.130 e. The van der Waals surface area contributed by atoms with E-state index in [4.69, 9.17) is 0 Å². The summed E-state index contributed by atoms with van der Waals surface area (Å²) in [6.45, 7) is 6.31. The van der Waals surface area contributed by atoms with Gasteiger partial charge in [0.1, 0.15) is 0 Å². The quantitative estimate of drug-likeness (QED) is 0.411. The van der Waals surface area contributed by atoms with Gasteiger partial charge in [-0.1, -0.05) is 18.6 Å². The van der Waals surface area contributed by atoms with E-state index in [1.165, 1.54) is 5.57 Å². The summed E-state index contributed by atoms with van der Waals surface area (Å²) >= 11 is 0. The molecule has 0 aromatic carbocycles. The Morgan fingerprint density at radius 1 is 1.50 bits per heavy atom. The first-order chi connectivity index (χ1) is 4.81. The molecule has 0 saturated heterocycles. The van der Waals surface area contributed by atoms with Gasteiger partial charge in [-0.25, -0.2) is 0 Å². The first kappa shape index (κ1) is 9.26. The maximum Gasteiger partial charge on any atom is -0.00905 e. The Hall–Kier alpha value is -0.740. The smallest absolute Gasteiger partial charge is 0.00905 e. The average Bonchev–Trinajstić information content (AvgIpc) is 1.98. The molecule has 0 aliphatic rings. The van der Waals surface area contributed by atoms with Gasteiger partial charge in [-0.3, -0.25) is 0 Å². The molecule has 0 nitrogen and oxygen atoms in total. The highest BCUT2D eigenvalue weighted by Gasteiger charge is 1.78. The van der Waals surface area contributed by atoms with Crippen molar-refractivity contribution in [3.05, 3.63) is 29.5 Å². The lowest BCUT2D eigenvalue weighted by molar-refractivity contribution is 1.08. The summed E-state index contributed by atoms with van der Waals surface area (Å²) in [7, 11) is 0. The van der Waals surface area contributed by atoms with E-state index >= 15 is 0 Å². The molecule has 0 rings (SSSR count). The SMILES string of the molecule is CC=C=CCC=C(C)CC. The fourth-order valence-electron chi connectivity index (χ4n) is 0.590. The van der Waals surface area contributed by atoms with Crippen molar-refractivity contribution >= 4 is 0 Å². The van der Waals surface area contributed by atoms with Gasteiger partial charge >= 0.3 is 0 Å². The molecular weight excluding hydrogens is 120 g/mol. The monoisotopic (exact) mass is 136 g/mol. The van der Waals surface area contributed by atoms with Crippen LogP contribution >= 0.6 is 0 Å². The van der Waals surface area contributed by atoms with E-state index in [0.29, 0.717) is 0 Å². The molecule has 0 heterocycles. The van der Waals surface area contributed by atoms with Crippen LogP contribution in [0.3, 0.4) is 0 Å². The largest absolute Gasteiger partial charge is 0.130 e. The Bertz CT molecular complexity index is 155. The fraction of sp³-hybridized carbons (Fsp3) is 0.500. The Kier molecular flexibility index (Phi) is 5.91. The minimum absolute atomic E-state index is 1.02. The molecule has 0 fully saturated rings. The minimum atomic E-state index is 1.02. The predicted molar refractivity (Wildman–Crippen MR) is 47.0 cm³/mol. The summed E-state index contributed by atoms with van der Waals surface area (Å²) in [5, 5.41) is 0. The van der Waals surface area contributed by atoms with E-state index in [1.54, 1.807) is 0 Å². The molecule has 0 bridgehead atoms. The van der Waals surface area contributed by atoms with E-state index in [0.717, 1.165) is 12.8 Å². The number of hydrogen-bond acceptors (Lipinski definition) is 0. The first-order valence-corrected chi connectivity index (χ1v) is 3.82. The van der Waals surface area contributed by atoms with Gasteiger partial charge in [-0.15, -0.1) is 5.73 Å². The van der Waals surface area contributed by atoms with Crippen LogP contribution in [-0.4, -0.2) is 0 Å². The molecule has 10 heavy (non-hydrogen) atoms. The average molecular weight is 136 g/mol. The van der Waals surface area contributed by atoms with Crippen LogP contribution in [0.5, 0.6) is 0 Å². The predicted octanol–water partition coefficient (Wildman–Crippen LogP) is 3.46. The Morgan fingerprint density at radius 3 is 2.70 bits per heavy atom. The van der Waals surface area contributed by atoms with Crippen LogP contribution in [-0.2, 0) is 0 Å². The van der Waals surface area contributed by atoms with Gasteiger partial charge in [0.25, 0.3) is 0 Å². The summed E-state index contributed by atoms with van der Waals surface area (Å²) in [4.78, 5) is 0. The van der Waals surface area contributed by atoms with Gasteiger partial charge < -0.3 is 0 Å². The normalized spacial score (nSPS) is 10.5. The molecule has 0 aliphatic heterocycles. The number of hydrogen-bond donors (Lipinski definition) is 0. The maximum atomic E-state index is 3.03. The molecule has 56 valence electrons. The van der Waals surface area contributed by atoms with Gasteiger partial charge in [0.05, 0.1) is 0 Å². The standard InChI is InChI=1S/C10H16/c1-4-6-7-8-9-10(3)5-2/h4,7,9H,5,8H2,1-3H3. The number of rotatable bonds is 3. The zero-order valence-electron chi connectivity index (χ0n) is 7.15. The van der Waals surface area contributed by atoms with Crippen LogP contribution in [0.15, 0.2) is 29.5 Å². The van der Waals surface area contributed by atoms with Crippen LogP contribution in [0.1, 0.15) is 33.6 Å². The van der Waals surface area contributed by atoms with Crippen molar-refractivity contribution in [2.45, 2.75) is 33.6 Å². The topological polar surface area (TPSA) is 0 Å². The van der Waals surface area contributed by atoms with Crippen LogP contribution < -0.4 is 0 Å². The molecule has 0 N–H and O–H groups in total. The molecule has 0 saturated carbocycles. The molecule has 0 amide bonds. The highest BCUT2D eigenvalue weighted by atomic mass is 13.8. The van der Waals surface area contributed by atoms with Crippen LogP contribution in [0.4, 0.5) is 0 Å². The van der Waals surface area contributed by atoms with Gasteiger partial charge in [0.15, 0.2) is 0 Å². The van der Waals surface area contributed by atoms with Crippen LogP contribution in [0.25, 0.3) is 0 Å². The summed E-state index contributed by atoms with van der Waals surface area (Å²) in [5.74, 6) is 0. The zero-order chi connectivity index (χ0) is 7.82. The molecule has 0 radical (unpaired) electrons. The summed E-state index contributed by atoms with van der Waals surface area (Å²) in [6.07, 6.45) is 8.37. The third-order valence-corrected chi connectivity index (χ3v) is 1.43. The molecule has 0 unspecified atom stereocenters. The molecule has 0 heteroatoms. The lowest BCUT2D eigenvalue weighted by Gasteiger charge is -1.89. The third kappa shape index (κ3) is 5.40. The Morgan fingerprint density at radius 2 is 2.20 bits per heavy atom. The zero-order valence-corrected chi connectivity index (χ0v) is 7.15. The van der Waals surface area contributed by atoms with E-state index < -0.39 is 0 Å². The second-order valence-corrected chi connectivity index (χ2v) is 2.30. The molecule has 0 aromatic rings. The molecular formula is C10H16. The van der Waals surface area contributed by atoms with Crippen LogP contribution in [0.2, 0.25) is 0 Å². The second kappa shape index (κ2) is 6.38.